The molecule has 0 radical (unpaired) electrons. The van der Waals surface area contributed by atoms with Crippen LogP contribution in [0.25, 0.3) is 0 Å². The van der Waals surface area contributed by atoms with Crippen molar-refractivity contribution in [3.05, 3.63) is 78.7 Å². The molecule has 0 spiro atoms. The second kappa shape index (κ2) is 18.9. The maximum absolute atomic E-state index is 11.7. The maximum atomic E-state index is 11.7. The van der Waals surface area contributed by atoms with E-state index in [-0.39, 0.29) is 5.97 Å². The van der Waals surface area contributed by atoms with Crippen molar-refractivity contribution in [2.45, 2.75) is 77.7 Å². The Hall–Kier alpha value is -2.42. The van der Waals surface area contributed by atoms with Crippen molar-refractivity contribution in [1.82, 2.24) is 4.98 Å². The van der Waals surface area contributed by atoms with Gasteiger partial charge < -0.3 is 4.74 Å². The molecular formula is C26H37NO2. The summed E-state index contributed by atoms with van der Waals surface area (Å²) in [5, 5.41) is 0. The van der Waals surface area contributed by atoms with Gasteiger partial charge in [0.2, 0.25) is 0 Å². The number of aromatic nitrogens is 1. The largest absolute Gasteiger partial charge is 0.461 e. The SMILES string of the molecule is CC/C=C\C/C=C\C/C=C\CCCC/C=C\CCCC(=O)OCc1cccnc1. The minimum atomic E-state index is -0.138. The molecule has 1 heterocycles. The van der Waals surface area contributed by atoms with Crippen LogP contribution in [0.2, 0.25) is 0 Å². The molecule has 29 heavy (non-hydrogen) atoms. The highest BCUT2D eigenvalue weighted by molar-refractivity contribution is 5.69. The number of ether oxygens (including phenoxy) is 1. The topological polar surface area (TPSA) is 39.2 Å². The molecule has 3 heteroatoms. The average molecular weight is 396 g/mol. The van der Waals surface area contributed by atoms with Crippen molar-refractivity contribution in [3.63, 3.8) is 0 Å². The van der Waals surface area contributed by atoms with Crippen LogP contribution in [0.4, 0.5) is 0 Å². The number of hydrogen-bond donors (Lipinski definition) is 0. The zero-order chi connectivity index (χ0) is 20.8. The maximum Gasteiger partial charge on any atom is 0.306 e. The molecule has 0 fully saturated rings. The number of carbonyl (C=O) groups excluding carboxylic acids is 1. The summed E-state index contributed by atoms with van der Waals surface area (Å²) in [7, 11) is 0. The smallest absolute Gasteiger partial charge is 0.306 e. The Kier molecular flexibility index (Phi) is 16.1. The van der Waals surface area contributed by atoms with Gasteiger partial charge in [0.05, 0.1) is 0 Å². The van der Waals surface area contributed by atoms with Gasteiger partial charge in [0, 0.05) is 24.4 Å². The number of hydrogen-bond acceptors (Lipinski definition) is 3. The highest BCUT2D eigenvalue weighted by Gasteiger charge is 2.02. The summed E-state index contributed by atoms with van der Waals surface area (Å²) in [5.41, 5.74) is 0.923. The van der Waals surface area contributed by atoms with Gasteiger partial charge in [0.15, 0.2) is 0 Å². The first kappa shape index (κ1) is 24.6. The van der Waals surface area contributed by atoms with E-state index in [4.69, 9.17) is 4.74 Å². The second-order valence-corrected chi connectivity index (χ2v) is 6.96. The van der Waals surface area contributed by atoms with E-state index < -0.39 is 0 Å². The number of nitrogens with zero attached hydrogens (tertiary/aromatic N) is 1. The molecule has 3 nitrogen and oxygen atoms in total. The summed E-state index contributed by atoms with van der Waals surface area (Å²) in [5.74, 6) is -0.138. The molecule has 0 N–H and O–H groups in total. The summed E-state index contributed by atoms with van der Waals surface area (Å²) in [6, 6.07) is 3.75. The summed E-state index contributed by atoms with van der Waals surface area (Å²) in [6.45, 7) is 2.47. The Morgan fingerprint density at radius 3 is 2.17 bits per heavy atom. The highest BCUT2D eigenvalue weighted by Crippen LogP contribution is 2.06. The van der Waals surface area contributed by atoms with Crippen LogP contribution in [0, 0.1) is 0 Å². The highest BCUT2D eigenvalue weighted by atomic mass is 16.5. The van der Waals surface area contributed by atoms with E-state index in [1.807, 2.05) is 12.1 Å². The number of allylic oxidation sites excluding steroid dienone is 8. The Morgan fingerprint density at radius 2 is 1.52 bits per heavy atom. The van der Waals surface area contributed by atoms with Gasteiger partial charge in [-0.05, 0) is 63.9 Å². The van der Waals surface area contributed by atoms with Crippen LogP contribution in [-0.2, 0) is 16.1 Å². The monoisotopic (exact) mass is 395 g/mol. The molecule has 0 aromatic carbocycles. The number of rotatable bonds is 16. The summed E-state index contributed by atoms with van der Waals surface area (Å²) in [6.07, 6.45) is 31.4. The van der Waals surface area contributed by atoms with Crippen molar-refractivity contribution >= 4 is 5.97 Å². The lowest BCUT2D eigenvalue weighted by atomic mass is 10.1. The summed E-state index contributed by atoms with van der Waals surface area (Å²) in [4.78, 5) is 15.7. The van der Waals surface area contributed by atoms with Crippen molar-refractivity contribution < 1.29 is 9.53 Å². The zero-order valence-electron chi connectivity index (χ0n) is 18.0. The minimum Gasteiger partial charge on any atom is -0.461 e. The third-order valence-electron chi connectivity index (χ3n) is 4.31. The fraction of sp³-hybridized carbons (Fsp3) is 0.462. The Morgan fingerprint density at radius 1 is 0.897 bits per heavy atom. The zero-order valence-corrected chi connectivity index (χ0v) is 18.0. The van der Waals surface area contributed by atoms with Crippen LogP contribution < -0.4 is 0 Å². The lowest BCUT2D eigenvalue weighted by Gasteiger charge is -2.03. The second-order valence-electron chi connectivity index (χ2n) is 6.96. The molecule has 0 aliphatic heterocycles. The molecule has 0 saturated heterocycles. The average Bonchev–Trinajstić information content (AvgIpc) is 2.75. The number of pyridine rings is 1. The number of esters is 1. The molecule has 0 aliphatic rings. The van der Waals surface area contributed by atoms with Crippen LogP contribution in [0.1, 0.15) is 76.7 Å². The molecule has 0 unspecified atom stereocenters. The van der Waals surface area contributed by atoms with E-state index in [0.717, 1.165) is 50.5 Å². The summed E-state index contributed by atoms with van der Waals surface area (Å²) >= 11 is 0. The van der Waals surface area contributed by atoms with Gasteiger partial charge in [0.25, 0.3) is 0 Å². The standard InChI is InChI=1S/C26H37NO2/c1-2-3-4-5-6-7-8-9-10-11-12-13-14-15-16-17-18-21-26(28)29-24-25-20-19-22-27-23-25/h3-4,6-7,9-10,15-16,19-20,22-23H,2,5,8,11-14,17-18,21,24H2,1H3/b4-3-,7-6-,10-9-,16-15-. The lowest BCUT2D eigenvalue weighted by Crippen LogP contribution is -2.04. The molecule has 0 atom stereocenters. The summed E-state index contributed by atoms with van der Waals surface area (Å²) < 4.78 is 5.24. The molecular weight excluding hydrogens is 358 g/mol. The van der Waals surface area contributed by atoms with Gasteiger partial charge >= 0.3 is 5.97 Å². The van der Waals surface area contributed by atoms with Gasteiger partial charge in [0.1, 0.15) is 6.61 Å². The molecule has 0 amide bonds. The van der Waals surface area contributed by atoms with Crippen LogP contribution >= 0.6 is 0 Å². The van der Waals surface area contributed by atoms with E-state index in [1.54, 1.807) is 12.4 Å². The fourth-order valence-electron chi connectivity index (χ4n) is 2.67. The predicted octanol–water partition coefficient (Wildman–Crippen LogP) is 7.27. The van der Waals surface area contributed by atoms with Crippen LogP contribution in [0.15, 0.2) is 73.1 Å². The quantitative estimate of drug-likeness (QED) is 0.168. The van der Waals surface area contributed by atoms with Gasteiger partial charge in [-0.2, -0.15) is 0 Å². The van der Waals surface area contributed by atoms with E-state index in [2.05, 4.69) is 60.5 Å². The van der Waals surface area contributed by atoms with Crippen molar-refractivity contribution in [1.29, 1.82) is 0 Å². The first-order valence-electron chi connectivity index (χ1n) is 11.0. The van der Waals surface area contributed by atoms with E-state index in [0.29, 0.717) is 13.0 Å². The molecule has 0 saturated carbocycles. The van der Waals surface area contributed by atoms with E-state index in [1.165, 1.54) is 12.8 Å². The third kappa shape index (κ3) is 16.3. The Balaban J connectivity index is 1.89. The van der Waals surface area contributed by atoms with Crippen molar-refractivity contribution in [2.24, 2.45) is 0 Å². The molecule has 158 valence electrons. The minimum absolute atomic E-state index is 0.138. The van der Waals surface area contributed by atoms with Gasteiger partial charge in [-0.25, -0.2) is 0 Å². The third-order valence-corrected chi connectivity index (χ3v) is 4.31. The first-order chi connectivity index (χ1) is 14.3. The fourth-order valence-corrected chi connectivity index (χ4v) is 2.67. The lowest BCUT2D eigenvalue weighted by molar-refractivity contribution is -0.145. The Bertz CT molecular complexity index is 629. The molecule has 1 rings (SSSR count). The molecule has 0 bridgehead atoms. The van der Waals surface area contributed by atoms with E-state index >= 15 is 0 Å². The van der Waals surface area contributed by atoms with Gasteiger partial charge in [-0.3, -0.25) is 9.78 Å². The normalized spacial score (nSPS) is 12.0. The van der Waals surface area contributed by atoms with Crippen LogP contribution in [0.5, 0.6) is 0 Å². The van der Waals surface area contributed by atoms with Gasteiger partial charge in [-0.1, -0.05) is 61.6 Å². The Labute approximate surface area is 177 Å². The van der Waals surface area contributed by atoms with Crippen LogP contribution in [-0.4, -0.2) is 11.0 Å². The predicted molar refractivity (Wildman–Crippen MR) is 122 cm³/mol. The molecule has 1 aromatic rings. The first-order valence-corrected chi connectivity index (χ1v) is 11.0. The van der Waals surface area contributed by atoms with Crippen LogP contribution in [0.3, 0.4) is 0 Å². The molecule has 1 aromatic heterocycles. The van der Waals surface area contributed by atoms with Gasteiger partial charge in [-0.15, -0.1) is 0 Å². The van der Waals surface area contributed by atoms with Crippen molar-refractivity contribution in [3.8, 4) is 0 Å². The molecule has 0 aliphatic carbocycles. The number of unbranched alkanes of at least 4 members (excludes halogenated alkanes) is 4. The van der Waals surface area contributed by atoms with Crippen molar-refractivity contribution in [2.75, 3.05) is 0 Å². The number of carbonyl (C=O) groups is 1. The van der Waals surface area contributed by atoms with E-state index in [9.17, 15) is 4.79 Å².